The molecule has 1 amide bonds. The van der Waals surface area contributed by atoms with Crippen molar-refractivity contribution in [3.8, 4) is 11.5 Å². The SMILES string of the molecule is C[C@H](NC(=O)[C@@H]1CC(c2ccccc2)=NO1)c1ccc2c(c1)OCCCO2. The summed E-state index contributed by atoms with van der Waals surface area (Å²) in [6.07, 6.45) is 0.714. The van der Waals surface area contributed by atoms with Gasteiger partial charge in [0.05, 0.1) is 25.0 Å². The van der Waals surface area contributed by atoms with Crippen LogP contribution in [0.15, 0.2) is 53.7 Å². The summed E-state index contributed by atoms with van der Waals surface area (Å²) in [7, 11) is 0. The topological polar surface area (TPSA) is 69.2 Å². The fourth-order valence-electron chi connectivity index (χ4n) is 3.16. The Labute approximate surface area is 158 Å². The van der Waals surface area contributed by atoms with Gasteiger partial charge in [0.15, 0.2) is 11.5 Å². The number of benzene rings is 2. The lowest BCUT2D eigenvalue weighted by Gasteiger charge is -2.18. The van der Waals surface area contributed by atoms with Crippen molar-refractivity contribution in [3.63, 3.8) is 0 Å². The Morgan fingerprint density at radius 1 is 1.11 bits per heavy atom. The first-order valence-electron chi connectivity index (χ1n) is 9.19. The number of carbonyl (C=O) groups excluding carboxylic acids is 1. The minimum absolute atomic E-state index is 0.177. The molecule has 6 heteroatoms. The van der Waals surface area contributed by atoms with Gasteiger partial charge in [0.2, 0.25) is 6.10 Å². The molecule has 0 spiro atoms. The Kier molecular flexibility index (Phi) is 4.96. The molecule has 2 aliphatic rings. The predicted molar refractivity (Wildman–Crippen MR) is 101 cm³/mol. The van der Waals surface area contributed by atoms with Crippen molar-refractivity contribution in [2.45, 2.75) is 31.9 Å². The number of nitrogens with one attached hydrogen (secondary N) is 1. The second-order valence-corrected chi connectivity index (χ2v) is 6.69. The van der Waals surface area contributed by atoms with Gasteiger partial charge < -0.3 is 19.6 Å². The van der Waals surface area contributed by atoms with Crippen molar-refractivity contribution in [1.82, 2.24) is 5.32 Å². The lowest BCUT2D eigenvalue weighted by Crippen LogP contribution is -2.36. The smallest absolute Gasteiger partial charge is 0.264 e. The second-order valence-electron chi connectivity index (χ2n) is 6.69. The van der Waals surface area contributed by atoms with Crippen molar-refractivity contribution in [2.24, 2.45) is 5.16 Å². The number of oxime groups is 1. The van der Waals surface area contributed by atoms with E-state index in [1.165, 1.54) is 0 Å². The van der Waals surface area contributed by atoms with Crippen LogP contribution < -0.4 is 14.8 Å². The summed E-state index contributed by atoms with van der Waals surface area (Å²) in [5.41, 5.74) is 2.72. The molecule has 0 unspecified atom stereocenters. The van der Waals surface area contributed by atoms with Gasteiger partial charge in [0.1, 0.15) is 0 Å². The highest BCUT2D eigenvalue weighted by atomic mass is 16.6. The van der Waals surface area contributed by atoms with Gasteiger partial charge in [-0.05, 0) is 30.2 Å². The zero-order valence-electron chi connectivity index (χ0n) is 15.2. The molecule has 6 nitrogen and oxygen atoms in total. The lowest BCUT2D eigenvalue weighted by atomic mass is 10.0. The van der Waals surface area contributed by atoms with Gasteiger partial charge in [-0.15, -0.1) is 0 Å². The first-order valence-corrected chi connectivity index (χ1v) is 9.19. The van der Waals surface area contributed by atoms with Crippen LogP contribution in [-0.4, -0.2) is 30.9 Å². The second kappa shape index (κ2) is 7.70. The molecule has 140 valence electrons. The van der Waals surface area contributed by atoms with E-state index in [1.54, 1.807) is 0 Å². The van der Waals surface area contributed by atoms with E-state index < -0.39 is 6.10 Å². The maximum atomic E-state index is 12.6. The highest BCUT2D eigenvalue weighted by Crippen LogP contribution is 2.32. The largest absolute Gasteiger partial charge is 0.490 e. The molecule has 27 heavy (non-hydrogen) atoms. The molecule has 2 aromatic carbocycles. The van der Waals surface area contributed by atoms with Crippen molar-refractivity contribution >= 4 is 11.6 Å². The van der Waals surface area contributed by atoms with Gasteiger partial charge in [0, 0.05) is 12.8 Å². The number of carbonyl (C=O) groups is 1. The summed E-state index contributed by atoms with van der Waals surface area (Å²) in [5, 5.41) is 7.07. The average molecular weight is 366 g/mol. The highest BCUT2D eigenvalue weighted by molar-refractivity contribution is 6.04. The molecule has 2 heterocycles. The summed E-state index contributed by atoms with van der Waals surface area (Å²) < 4.78 is 11.4. The minimum atomic E-state index is -0.608. The molecule has 0 radical (unpaired) electrons. The maximum absolute atomic E-state index is 12.6. The number of hydrogen-bond donors (Lipinski definition) is 1. The summed E-state index contributed by atoms with van der Waals surface area (Å²) >= 11 is 0. The van der Waals surface area contributed by atoms with E-state index in [4.69, 9.17) is 14.3 Å². The number of amides is 1. The number of rotatable bonds is 4. The summed E-state index contributed by atoms with van der Waals surface area (Å²) in [6.45, 7) is 3.22. The molecular weight excluding hydrogens is 344 g/mol. The average Bonchev–Trinajstić information content (AvgIpc) is 3.08. The van der Waals surface area contributed by atoms with Crippen molar-refractivity contribution in [1.29, 1.82) is 0 Å². The van der Waals surface area contributed by atoms with Crippen LogP contribution in [0.25, 0.3) is 0 Å². The van der Waals surface area contributed by atoms with Crippen molar-refractivity contribution < 1.29 is 19.1 Å². The number of ether oxygens (including phenoxy) is 2. The molecule has 0 aliphatic carbocycles. The van der Waals surface area contributed by atoms with Crippen molar-refractivity contribution in [2.75, 3.05) is 13.2 Å². The molecular formula is C21H22N2O4. The molecule has 0 fully saturated rings. The van der Waals surface area contributed by atoms with E-state index in [0.29, 0.717) is 19.6 Å². The Morgan fingerprint density at radius 3 is 2.70 bits per heavy atom. The third kappa shape index (κ3) is 3.89. The van der Waals surface area contributed by atoms with E-state index in [0.717, 1.165) is 34.8 Å². The minimum Gasteiger partial charge on any atom is -0.490 e. The molecule has 0 bridgehead atoms. The Morgan fingerprint density at radius 2 is 1.89 bits per heavy atom. The zero-order valence-corrected chi connectivity index (χ0v) is 15.2. The molecule has 0 saturated carbocycles. The monoisotopic (exact) mass is 366 g/mol. The quantitative estimate of drug-likeness (QED) is 0.902. The summed E-state index contributed by atoms with van der Waals surface area (Å²) in [5.74, 6) is 1.29. The summed E-state index contributed by atoms with van der Waals surface area (Å²) in [4.78, 5) is 17.9. The molecule has 0 saturated heterocycles. The standard InChI is InChI=1S/C21H22N2O4/c1-14(16-8-9-18-19(12-16)26-11-5-10-25-18)22-21(24)20-13-17(23-27-20)15-6-3-2-4-7-15/h2-4,6-9,12,14,20H,5,10-11,13H2,1H3,(H,22,24)/t14-,20-/m0/s1. The highest BCUT2D eigenvalue weighted by Gasteiger charge is 2.30. The Bertz CT molecular complexity index is 851. The third-order valence-electron chi connectivity index (χ3n) is 4.70. The first-order chi connectivity index (χ1) is 13.2. The van der Waals surface area contributed by atoms with E-state index in [2.05, 4.69) is 10.5 Å². The Balaban J connectivity index is 1.38. The normalized spacial score (nSPS) is 19.4. The van der Waals surface area contributed by atoms with E-state index >= 15 is 0 Å². The van der Waals surface area contributed by atoms with Crippen LogP contribution in [0, 0.1) is 0 Å². The van der Waals surface area contributed by atoms with Crippen LogP contribution in [0.2, 0.25) is 0 Å². The lowest BCUT2D eigenvalue weighted by molar-refractivity contribution is -0.131. The Hall–Kier alpha value is -3.02. The van der Waals surface area contributed by atoms with Crippen LogP contribution in [0.1, 0.15) is 36.9 Å². The molecule has 2 atom stereocenters. The number of fused-ring (bicyclic) bond motifs is 1. The predicted octanol–water partition coefficient (Wildman–Crippen LogP) is 3.22. The summed E-state index contributed by atoms with van der Waals surface area (Å²) in [6, 6.07) is 15.3. The van der Waals surface area contributed by atoms with Crippen LogP contribution >= 0.6 is 0 Å². The van der Waals surface area contributed by atoms with Crippen molar-refractivity contribution in [3.05, 3.63) is 59.7 Å². The van der Waals surface area contributed by atoms with Crippen LogP contribution in [0.3, 0.4) is 0 Å². The fourth-order valence-corrected chi connectivity index (χ4v) is 3.16. The molecule has 2 aliphatic heterocycles. The molecule has 1 N–H and O–H groups in total. The van der Waals surface area contributed by atoms with Gasteiger partial charge >= 0.3 is 0 Å². The van der Waals surface area contributed by atoms with Gasteiger partial charge in [-0.2, -0.15) is 0 Å². The molecule has 4 rings (SSSR count). The van der Waals surface area contributed by atoms with Gasteiger partial charge in [-0.3, -0.25) is 4.79 Å². The molecule has 0 aromatic heterocycles. The third-order valence-corrected chi connectivity index (χ3v) is 4.70. The van der Waals surface area contributed by atoms with E-state index in [1.807, 2.05) is 55.5 Å². The zero-order chi connectivity index (χ0) is 18.6. The van der Waals surface area contributed by atoms with Gasteiger partial charge in [-0.25, -0.2) is 0 Å². The molecule has 2 aromatic rings. The first kappa shape index (κ1) is 17.4. The van der Waals surface area contributed by atoms with Crippen LogP contribution in [0.5, 0.6) is 11.5 Å². The van der Waals surface area contributed by atoms with Crippen LogP contribution in [0.4, 0.5) is 0 Å². The fraction of sp³-hybridized carbons (Fsp3) is 0.333. The van der Waals surface area contributed by atoms with Gasteiger partial charge in [-0.1, -0.05) is 41.6 Å². The van der Waals surface area contributed by atoms with Gasteiger partial charge in [0.25, 0.3) is 5.91 Å². The van der Waals surface area contributed by atoms with Crippen LogP contribution in [-0.2, 0) is 9.63 Å². The number of nitrogens with zero attached hydrogens (tertiary/aromatic N) is 1. The van der Waals surface area contributed by atoms with E-state index in [9.17, 15) is 4.79 Å². The maximum Gasteiger partial charge on any atom is 0.264 e. The van der Waals surface area contributed by atoms with E-state index in [-0.39, 0.29) is 11.9 Å². The number of hydrogen-bond acceptors (Lipinski definition) is 5.